The number of hydrogen-bond acceptors (Lipinski definition) is 5. The Kier molecular flexibility index (Phi) is 6.77. The molecule has 2 heterocycles. The summed E-state index contributed by atoms with van der Waals surface area (Å²) in [5.74, 6) is 0.753. The van der Waals surface area contributed by atoms with Crippen molar-refractivity contribution in [3.63, 3.8) is 0 Å². The molecule has 0 saturated carbocycles. The summed E-state index contributed by atoms with van der Waals surface area (Å²) in [5, 5.41) is 4.53. The Labute approximate surface area is 197 Å². The number of thioether (sulfide) groups is 1. The average Bonchev–Trinajstić information content (AvgIpc) is 3.13. The Morgan fingerprint density at radius 2 is 1.81 bits per heavy atom. The third-order valence-corrected chi connectivity index (χ3v) is 8.34. The number of aromatic nitrogens is 2. The molecule has 1 aromatic carbocycles. The van der Waals surface area contributed by atoms with Crippen LogP contribution < -0.4 is 10.9 Å². The molecule has 0 bridgehead atoms. The second-order valence-corrected chi connectivity index (χ2v) is 11.1. The van der Waals surface area contributed by atoms with Gasteiger partial charge in [-0.25, -0.2) is 4.98 Å². The highest BCUT2D eigenvalue weighted by molar-refractivity contribution is 7.99. The molecule has 5 nitrogen and oxygen atoms in total. The first kappa shape index (κ1) is 23.1. The smallest absolute Gasteiger partial charge is 0.262 e. The maximum absolute atomic E-state index is 13.1. The third-order valence-electron chi connectivity index (χ3n) is 6.13. The summed E-state index contributed by atoms with van der Waals surface area (Å²) in [4.78, 5) is 32.9. The predicted octanol–water partition coefficient (Wildman–Crippen LogP) is 5.85. The van der Waals surface area contributed by atoms with E-state index in [9.17, 15) is 9.59 Å². The third kappa shape index (κ3) is 4.37. The monoisotopic (exact) mass is 469 g/mol. The van der Waals surface area contributed by atoms with Gasteiger partial charge in [-0.1, -0.05) is 57.7 Å². The first-order valence-corrected chi connectivity index (χ1v) is 13.1. The zero-order valence-electron chi connectivity index (χ0n) is 19.4. The molecule has 170 valence electrons. The number of rotatable bonds is 6. The minimum Gasteiger partial charge on any atom is -0.325 e. The van der Waals surface area contributed by atoms with Crippen molar-refractivity contribution in [1.29, 1.82) is 0 Å². The molecular weight excluding hydrogens is 438 g/mol. The van der Waals surface area contributed by atoms with Gasteiger partial charge in [0.25, 0.3) is 5.56 Å². The van der Waals surface area contributed by atoms with Crippen LogP contribution in [0.5, 0.6) is 0 Å². The second kappa shape index (κ2) is 9.40. The molecule has 0 spiro atoms. The topological polar surface area (TPSA) is 64.0 Å². The van der Waals surface area contributed by atoms with E-state index in [1.165, 1.54) is 28.6 Å². The van der Waals surface area contributed by atoms with Crippen molar-refractivity contribution in [3.8, 4) is 0 Å². The Balaban J connectivity index is 1.57. The highest BCUT2D eigenvalue weighted by atomic mass is 32.2. The lowest BCUT2D eigenvalue weighted by Gasteiger charge is -2.20. The first-order chi connectivity index (χ1) is 15.3. The fourth-order valence-electron chi connectivity index (χ4n) is 4.40. The number of fused-ring (bicyclic) bond motifs is 3. The molecule has 32 heavy (non-hydrogen) atoms. The number of carbonyl (C=O) groups is 1. The number of anilines is 1. The SMILES string of the molecule is CC(C)c1cccc(C(C)C)c1NC(=O)CSc1nc2sc3c(c2c(=O)n1C)CCCC3. The molecule has 0 saturated heterocycles. The van der Waals surface area contributed by atoms with E-state index in [4.69, 9.17) is 4.98 Å². The van der Waals surface area contributed by atoms with E-state index < -0.39 is 0 Å². The van der Waals surface area contributed by atoms with Crippen LogP contribution in [0.3, 0.4) is 0 Å². The maximum Gasteiger partial charge on any atom is 0.262 e. The lowest BCUT2D eigenvalue weighted by molar-refractivity contribution is -0.113. The van der Waals surface area contributed by atoms with Crippen LogP contribution >= 0.6 is 23.1 Å². The summed E-state index contributed by atoms with van der Waals surface area (Å²) in [7, 11) is 1.76. The first-order valence-electron chi connectivity index (χ1n) is 11.3. The summed E-state index contributed by atoms with van der Waals surface area (Å²) in [6.07, 6.45) is 4.32. The number of nitrogens with one attached hydrogen (secondary N) is 1. The second-order valence-electron chi connectivity index (χ2n) is 9.11. The standard InChI is InChI=1S/C25H31N3O2S2/c1-14(2)16-10-8-11-17(15(3)4)22(16)26-20(29)13-31-25-27-23-21(24(30)28(25)5)18-9-6-7-12-19(18)32-23/h8,10-11,14-15H,6-7,9,12-13H2,1-5H3,(H,26,29). The molecular formula is C25H31N3O2S2. The van der Waals surface area contributed by atoms with Crippen LogP contribution in [-0.2, 0) is 24.7 Å². The van der Waals surface area contributed by atoms with Gasteiger partial charge >= 0.3 is 0 Å². The van der Waals surface area contributed by atoms with E-state index in [1.54, 1.807) is 23.0 Å². The minimum atomic E-state index is -0.0789. The minimum absolute atomic E-state index is 0.00422. The van der Waals surface area contributed by atoms with Gasteiger partial charge in [-0.2, -0.15) is 0 Å². The van der Waals surface area contributed by atoms with Crippen molar-refractivity contribution in [3.05, 3.63) is 50.1 Å². The van der Waals surface area contributed by atoms with E-state index in [0.29, 0.717) is 17.0 Å². The average molecular weight is 470 g/mol. The van der Waals surface area contributed by atoms with E-state index in [1.807, 2.05) is 0 Å². The molecule has 2 aromatic heterocycles. The molecule has 1 aliphatic carbocycles. The molecule has 0 atom stereocenters. The lowest BCUT2D eigenvalue weighted by Crippen LogP contribution is -2.22. The van der Waals surface area contributed by atoms with Crippen molar-refractivity contribution >= 4 is 44.9 Å². The van der Waals surface area contributed by atoms with Gasteiger partial charge in [-0.15, -0.1) is 11.3 Å². The predicted molar refractivity (Wildman–Crippen MR) is 135 cm³/mol. The van der Waals surface area contributed by atoms with Gasteiger partial charge in [0.05, 0.1) is 11.1 Å². The molecule has 1 amide bonds. The lowest BCUT2D eigenvalue weighted by atomic mass is 9.92. The van der Waals surface area contributed by atoms with Crippen LogP contribution in [0.15, 0.2) is 28.2 Å². The fraction of sp³-hybridized carbons (Fsp3) is 0.480. The van der Waals surface area contributed by atoms with Gasteiger partial charge in [0.2, 0.25) is 5.91 Å². The van der Waals surface area contributed by atoms with Gasteiger partial charge in [-0.3, -0.25) is 14.2 Å². The molecule has 1 N–H and O–H groups in total. The number of nitrogens with zero attached hydrogens (tertiary/aromatic N) is 2. The van der Waals surface area contributed by atoms with Crippen molar-refractivity contribution in [2.75, 3.05) is 11.1 Å². The number of aryl methyl sites for hydroxylation is 2. The quantitative estimate of drug-likeness (QED) is 0.363. The maximum atomic E-state index is 13.1. The fourth-order valence-corrected chi connectivity index (χ4v) is 6.47. The normalized spacial score (nSPS) is 13.7. The Morgan fingerprint density at radius 3 is 2.47 bits per heavy atom. The summed E-state index contributed by atoms with van der Waals surface area (Å²) in [6, 6.07) is 6.22. The molecule has 4 rings (SSSR count). The molecule has 0 aliphatic heterocycles. The Bertz CT molecular complexity index is 1200. The van der Waals surface area contributed by atoms with Crippen molar-refractivity contribution in [2.24, 2.45) is 7.05 Å². The number of thiophene rings is 1. The summed E-state index contributed by atoms with van der Waals surface area (Å²) >= 11 is 2.97. The Morgan fingerprint density at radius 1 is 1.16 bits per heavy atom. The van der Waals surface area contributed by atoms with Crippen LogP contribution in [0.1, 0.15) is 73.9 Å². The van der Waals surface area contributed by atoms with Gasteiger partial charge in [0.1, 0.15) is 4.83 Å². The van der Waals surface area contributed by atoms with Gasteiger partial charge in [0, 0.05) is 17.6 Å². The van der Waals surface area contributed by atoms with Gasteiger partial charge in [-0.05, 0) is 54.2 Å². The van der Waals surface area contributed by atoms with Crippen molar-refractivity contribution in [2.45, 2.75) is 70.4 Å². The number of amides is 1. The number of para-hydroxylation sites is 1. The molecule has 1 aliphatic rings. The van der Waals surface area contributed by atoms with Crippen LogP contribution in [0, 0.1) is 0 Å². The molecule has 0 radical (unpaired) electrons. The molecule has 7 heteroatoms. The van der Waals surface area contributed by atoms with Crippen LogP contribution in [0.25, 0.3) is 10.2 Å². The molecule has 3 aromatic rings. The summed E-state index contributed by atoms with van der Waals surface area (Å²) < 4.78 is 1.60. The number of hydrogen-bond donors (Lipinski definition) is 1. The van der Waals surface area contributed by atoms with Gasteiger partial charge in [0.15, 0.2) is 5.16 Å². The van der Waals surface area contributed by atoms with E-state index in [0.717, 1.165) is 46.3 Å². The largest absolute Gasteiger partial charge is 0.325 e. The number of carbonyl (C=O) groups excluding carboxylic acids is 1. The van der Waals surface area contributed by atoms with Gasteiger partial charge < -0.3 is 5.32 Å². The highest BCUT2D eigenvalue weighted by Gasteiger charge is 2.22. The number of benzene rings is 1. The van der Waals surface area contributed by atoms with Crippen LogP contribution in [-0.4, -0.2) is 21.2 Å². The van der Waals surface area contributed by atoms with Crippen molar-refractivity contribution in [1.82, 2.24) is 9.55 Å². The van der Waals surface area contributed by atoms with E-state index >= 15 is 0 Å². The Hall–Kier alpha value is -2.12. The zero-order valence-corrected chi connectivity index (χ0v) is 21.1. The zero-order chi connectivity index (χ0) is 23.0. The van der Waals surface area contributed by atoms with Crippen LogP contribution in [0.2, 0.25) is 0 Å². The molecule has 0 unspecified atom stereocenters. The van der Waals surface area contributed by atoms with Crippen molar-refractivity contribution < 1.29 is 4.79 Å². The highest BCUT2D eigenvalue weighted by Crippen LogP contribution is 2.35. The summed E-state index contributed by atoms with van der Waals surface area (Å²) in [6.45, 7) is 8.55. The molecule has 0 fully saturated rings. The van der Waals surface area contributed by atoms with E-state index in [-0.39, 0.29) is 17.2 Å². The van der Waals surface area contributed by atoms with E-state index in [2.05, 4.69) is 51.2 Å². The van der Waals surface area contributed by atoms with Crippen LogP contribution in [0.4, 0.5) is 5.69 Å². The summed E-state index contributed by atoms with van der Waals surface area (Å²) in [5.41, 5.74) is 4.41.